The Kier molecular flexibility index (Phi) is 4.47. The molecule has 114 valence electrons. The average Bonchev–Trinajstić information content (AvgIpc) is 3.04. The molecule has 3 rings (SSSR count). The quantitative estimate of drug-likeness (QED) is 0.684. The highest BCUT2D eigenvalue weighted by Crippen LogP contribution is 2.41. The highest BCUT2D eigenvalue weighted by molar-refractivity contribution is 5.78. The summed E-state index contributed by atoms with van der Waals surface area (Å²) in [5, 5.41) is 0. The van der Waals surface area contributed by atoms with Crippen molar-refractivity contribution in [1.82, 2.24) is 4.90 Å². The number of guanidine groups is 1. The first kappa shape index (κ1) is 14.4. The van der Waals surface area contributed by atoms with E-state index in [1.807, 2.05) is 0 Å². The molecule has 1 saturated carbocycles. The first-order valence-electron chi connectivity index (χ1n) is 8.41. The lowest BCUT2D eigenvalue weighted by atomic mass is 9.79. The Bertz CT molecular complexity index is 468. The van der Waals surface area contributed by atoms with Gasteiger partial charge in [0.2, 0.25) is 0 Å². The van der Waals surface area contributed by atoms with Gasteiger partial charge in [-0.1, -0.05) is 43.2 Å². The van der Waals surface area contributed by atoms with Gasteiger partial charge in [-0.15, -0.1) is 0 Å². The van der Waals surface area contributed by atoms with Crippen LogP contribution in [-0.2, 0) is 5.41 Å². The summed E-state index contributed by atoms with van der Waals surface area (Å²) in [4.78, 5) is 7.06. The summed E-state index contributed by atoms with van der Waals surface area (Å²) in [7, 11) is 0. The molecule has 1 aromatic rings. The molecule has 0 unspecified atom stereocenters. The van der Waals surface area contributed by atoms with Gasteiger partial charge in [-0.3, -0.25) is 4.99 Å². The minimum Gasteiger partial charge on any atom is -0.370 e. The highest BCUT2D eigenvalue weighted by atomic mass is 15.3. The first-order valence-corrected chi connectivity index (χ1v) is 8.41. The monoisotopic (exact) mass is 285 g/mol. The second-order valence-electron chi connectivity index (χ2n) is 6.58. The van der Waals surface area contributed by atoms with Gasteiger partial charge in [-0.05, 0) is 37.7 Å². The summed E-state index contributed by atoms with van der Waals surface area (Å²) in [6, 6.07) is 10.9. The summed E-state index contributed by atoms with van der Waals surface area (Å²) in [6.07, 6.45) is 8.95. The molecule has 1 aliphatic heterocycles. The minimum absolute atomic E-state index is 0.224. The van der Waals surface area contributed by atoms with Crippen molar-refractivity contribution < 1.29 is 0 Å². The number of hydrogen-bond acceptors (Lipinski definition) is 1. The fraction of sp³-hybridized carbons (Fsp3) is 0.611. The van der Waals surface area contributed by atoms with Crippen LogP contribution in [0.25, 0.3) is 0 Å². The number of hydrogen-bond donors (Lipinski definition) is 1. The molecule has 0 atom stereocenters. The van der Waals surface area contributed by atoms with Crippen LogP contribution in [-0.4, -0.2) is 30.5 Å². The molecular weight excluding hydrogens is 258 g/mol. The van der Waals surface area contributed by atoms with E-state index in [0.717, 1.165) is 25.6 Å². The van der Waals surface area contributed by atoms with Gasteiger partial charge in [-0.25, -0.2) is 0 Å². The third-order valence-electron chi connectivity index (χ3n) is 5.17. The van der Waals surface area contributed by atoms with Gasteiger partial charge in [-0.2, -0.15) is 0 Å². The van der Waals surface area contributed by atoms with E-state index in [0.29, 0.717) is 0 Å². The lowest BCUT2D eigenvalue weighted by Gasteiger charge is -2.31. The predicted octanol–water partition coefficient (Wildman–Crippen LogP) is 3.30. The van der Waals surface area contributed by atoms with Crippen LogP contribution in [0.3, 0.4) is 0 Å². The van der Waals surface area contributed by atoms with Crippen LogP contribution in [0, 0.1) is 0 Å². The molecule has 3 nitrogen and oxygen atoms in total. The zero-order valence-corrected chi connectivity index (χ0v) is 12.9. The summed E-state index contributed by atoms with van der Waals surface area (Å²) in [5.41, 5.74) is 7.91. The van der Waals surface area contributed by atoms with Crippen molar-refractivity contribution in [3.05, 3.63) is 35.9 Å². The molecule has 0 bridgehead atoms. The average molecular weight is 285 g/mol. The number of aliphatic imine (C=N–C) groups is 1. The van der Waals surface area contributed by atoms with Crippen molar-refractivity contribution in [2.24, 2.45) is 10.7 Å². The molecule has 2 fully saturated rings. The lowest BCUT2D eigenvalue weighted by molar-refractivity contribution is 0.336. The van der Waals surface area contributed by atoms with Gasteiger partial charge in [0.1, 0.15) is 0 Å². The number of benzene rings is 1. The van der Waals surface area contributed by atoms with Gasteiger partial charge >= 0.3 is 0 Å². The lowest BCUT2D eigenvalue weighted by Crippen LogP contribution is -2.41. The second-order valence-corrected chi connectivity index (χ2v) is 6.58. The normalized spacial score (nSPS) is 22.5. The van der Waals surface area contributed by atoms with Crippen LogP contribution in [0.4, 0.5) is 0 Å². The second kappa shape index (κ2) is 6.50. The molecule has 0 amide bonds. The molecule has 0 aromatic heterocycles. The molecule has 0 spiro atoms. The predicted molar refractivity (Wildman–Crippen MR) is 88.5 cm³/mol. The van der Waals surface area contributed by atoms with Crippen molar-refractivity contribution in [2.45, 2.75) is 50.4 Å². The number of nitrogens with two attached hydrogens (primary N) is 1. The third kappa shape index (κ3) is 3.22. The minimum atomic E-state index is 0.224. The molecular formula is C18H27N3. The van der Waals surface area contributed by atoms with Gasteiger partial charge < -0.3 is 10.6 Å². The zero-order valence-electron chi connectivity index (χ0n) is 12.9. The number of piperidine rings is 1. The molecule has 2 aliphatic rings. The molecule has 0 radical (unpaired) electrons. The van der Waals surface area contributed by atoms with Crippen LogP contribution in [0.1, 0.15) is 50.5 Å². The number of nitrogens with zero attached hydrogens (tertiary/aromatic N) is 2. The maximum absolute atomic E-state index is 6.24. The smallest absolute Gasteiger partial charge is 0.191 e. The van der Waals surface area contributed by atoms with Crippen molar-refractivity contribution in [3.8, 4) is 0 Å². The standard InChI is InChI=1S/C18H27N3/c19-17(21-13-7-2-8-14-21)20-15-18(11-5-6-12-18)16-9-3-1-4-10-16/h1,3-4,9-10H,2,5-8,11-15H2,(H2,19,20). The molecule has 21 heavy (non-hydrogen) atoms. The largest absolute Gasteiger partial charge is 0.370 e. The highest BCUT2D eigenvalue weighted by Gasteiger charge is 2.35. The number of likely N-dealkylation sites (tertiary alicyclic amines) is 1. The Labute approximate surface area is 128 Å². The summed E-state index contributed by atoms with van der Waals surface area (Å²) >= 11 is 0. The fourth-order valence-electron chi connectivity index (χ4n) is 3.84. The fourth-order valence-corrected chi connectivity index (χ4v) is 3.84. The van der Waals surface area contributed by atoms with Crippen LogP contribution in [0.15, 0.2) is 35.3 Å². The van der Waals surface area contributed by atoms with Crippen molar-refractivity contribution >= 4 is 5.96 Å². The van der Waals surface area contributed by atoms with E-state index in [2.05, 4.69) is 35.2 Å². The van der Waals surface area contributed by atoms with Crippen LogP contribution in [0.2, 0.25) is 0 Å². The third-order valence-corrected chi connectivity index (χ3v) is 5.17. The molecule has 1 saturated heterocycles. The number of rotatable bonds is 3. The molecule has 3 heteroatoms. The van der Waals surface area contributed by atoms with E-state index in [1.54, 1.807) is 0 Å². The Morgan fingerprint density at radius 2 is 1.67 bits per heavy atom. The van der Waals surface area contributed by atoms with E-state index in [9.17, 15) is 0 Å². The van der Waals surface area contributed by atoms with Crippen LogP contribution >= 0.6 is 0 Å². The van der Waals surface area contributed by atoms with Gasteiger partial charge in [0, 0.05) is 18.5 Å². The SMILES string of the molecule is NC(=NCC1(c2ccccc2)CCCC1)N1CCCCC1. The zero-order chi connectivity index (χ0) is 14.5. The van der Waals surface area contributed by atoms with Gasteiger partial charge in [0.25, 0.3) is 0 Å². The molecule has 1 aliphatic carbocycles. The van der Waals surface area contributed by atoms with E-state index in [-0.39, 0.29) is 5.41 Å². The maximum atomic E-state index is 6.24. The summed E-state index contributed by atoms with van der Waals surface area (Å²) < 4.78 is 0. The van der Waals surface area contributed by atoms with Crippen molar-refractivity contribution in [2.75, 3.05) is 19.6 Å². The van der Waals surface area contributed by atoms with E-state index >= 15 is 0 Å². The summed E-state index contributed by atoms with van der Waals surface area (Å²) in [5.74, 6) is 0.761. The summed E-state index contributed by atoms with van der Waals surface area (Å²) in [6.45, 7) is 3.00. The van der Waals surface area contributed by atoms with Crippen LogP contribution in [0.5, 0.6) is 0 Å². The molecule has 2 N–H and O–H groups in total. The van der Waals surface area contributed by atoms with Crippen molar-refractivity contribution in [1.29, 1.82) is 0 Å². The van der Waals surface area contributed by atoms with E-state index in [4.69, 9.17) is 10.7 Å². The van der Waals surface area contributed by atoms with Crippen molar-refractivity contribution in [3.63, 3.8) is 0 Å². The first-order chi connectivity index (χ1) is 10.3. The topological polar surface area (TPSA) is 41.6 Å². The molecule has 1 heterocycles. The van der Waals surface area contributed by atoms with E-state index < -0.39 is 0 Å². The maximum Gasteiger partial charge on any atom is 0.191 e. The Morgan fingerprint density at radius 3 is 2.33 bits per heavy atom. The molecule has 1 aromatic carbocycles. The Balaban J connectivity index is 1.73. The van der Waals surface area contributed by atoms with Crippen LogP contribution < -0.4 is 5.73 Å². The van der Waals surface area contributed by atoms with E-state index in [1.165, 1.54) is 50.5 Å². The Morgan fingerprint density at radius 1 is 1.00 bits per heavy atom. The van der Waals surface area contributed by atoms with Gasteiger partial charge in [0.05, 0.1) is 6.54 Å². The van der Waals surface area contributed by atoms with Gasteiger partial charge in [0.15, 0.2) is 5.96 Å². The Hall–Kier alpha value is -1.51.